The molecule has 1 atom stereocenters. The lowest BCUT2D eigenvalue weighted by Gasteiger charge is -2.23. The number of halogens is 2. The summed E-state index contributed by atoms with van der Waals surface area (Å²) in [5.41, 5.74) is 1.54. The maximum atomic E-state index is 13.1. The summed E-state index contributed by atoms with van der Waals surface area (Å²) in [6, 6.07) is 9.27. The molecule has 0 unspecified atom stereocenters. The van der Waals surface area contributed by atoms with Crippen LogP contribution in [0.15, 0.2) is 41.1 Å². The van der Waals surface area contributed by atoms with E-state index in [-0.39, 0.29) is 12.0 Å². The molecule has 3 heterocycles. The van der Waals surface area contributed by atoms with Crippen LogP contribution < -0.4 is 4.90 Å². The SMILES string of the molecule is O=C(Cc1cccs1)N(C[C@@H]1CCCO1)c1nc(-c2ccc(Cl)cc2Cl)cs1. The van der Waals surface area contributed by atoms with Crippen LogP contribution in [0.2, 0.25) is 10.0 Å². The summed E-state index contributed by atoms with van der Waals surface area (Å²) < 4.78 is 5.76. The first kappa shape index (κ1) is 19.9. The fourth-order valence-electron chi connectivity index (χ4n) is 3.15. The first-order valence-electron chi connectivity index (χ1n) is 8.95. The van der Waals surface area contributed by atoms with Crippen LogP contribution in [0.5, 0.6) is 0 Å². The van der Waals surface area contributed by atoms with E-state index in [2.05, 4.69) is 0 Å². The molecule has 1 fully saturated rings. The second kappa shape index (κ2) is 8.93. The van der Waals surface area contributed by atoms with E-state index < -0.39 is 0 Å². The Morgan fingerprint density at radius 1 is 1.29 bits per heavy atom. The largest absolute Gasteiger partial charge is 0.376 e. The summed E-state index contributed by atoms with van der Waals surface area (Å²) in [4.78, 5) is 20.6. The van der Waals surface area contributed by atoms with Crippen LogP contribution in [0.25, 0.3) is 11.3 Å². The third kappa shape index (κ3) is 4.58. The van der Waals surface area contributed by atoms with Gasteiger partial charge in [-0.25, -0.2) is 4.98 Å². The van der Waals surface area contributed by atoms with E-state index in [0.717, 1.165) is 35.6 Å². The number of nitrogens with zero attached hydrogens (tertiary/aromatic N) is 2. The Bertz CT molecular complexity index is 953. The highest BCUT2D eigenvalue weighted by Crippen LogP contribution is 2.34. The van der Waals surface area contributed by atoms with Gasteiger partial charge in [-0.1, -0.05) is 29.3 Å². The second-order valence-corrected chi connectivity index (χ2v) is 9.25. The number of hydrogen-bond donors (Lipinski definition) is 0. The monoisotopic (exact) mass is 452 g/mol. The maximum Gasteiger partial charge on any atom is 0.234 e. The van der Waals surface area contributed by atoms with Crippen molar-refractivity contribution >= 4 is 56.9 Å². The molecule has 1 aromatic carbocycles. The van der Waals surface area contributed by atoms with Gasteiger partial charge in [-0.3, -0.25) is 9.69 Å². The summed E-state index contributed by atoms with van der Waals surface area (Å²) in [6.07, 6.45) is 2.41. The number of hydrogen-bond acceptors (Lipinski definition) is 5. The molecule has 4 nitrogen and oxygen atoms in total. The Hall–Kier alpha value is -1.44. The van der Waals surface area contributed by atoms with E-state index in [1.165, 1.54) is 11.3 Å². The summed E-state index contributed by atoms with van der Waals surface area (Å²) in [5, 5.41) is 5.69. The second-order valence-electron chi connectivity index (χ2n) is 6.54. The topological polar surface area (TPSA) is 42.4 Å². The van der Waals surface area contributed by atoms with Crippen molar-refractivity contribution in [1.82, 2.24) is 4.98 Å². The normalized spacial score (nSPS) is 16.4. The van der Waals surface area contributed by atoms with Gasteiger partial charge in [0.1, 0.15) is 0 Å². The molecule has 3 aromatic rings. The molecule has 0 radical (unpaired) electrons. The molecule has 0 saturated carbocycles. The quantitative estimate of drug-likeness (QED) is 0.464. The number of thiazole rings is 1. The molecule has 0 bridgehead atoms. The predicted molar refractivity (Wildman–Crippen MR) is 117 cm³/mol. The van der Waals surface area contributed by atoms with Crippen LogP contribution in [-0.4, -0.2) is 30.1 Å². The Morgan fingerprint density at radius 3 is 2.89 bits per heavy atom. The molecule has 1 amide bonds. The zero-order valence-corrected chi connectivity index (χ0v) is 18.1. The van der Waals surface area contributed by atoms with E-state index in [0.29, 0.717) is 28.1 Å². The van der Waals surface area contributed by atoms with Crippen molar-refractivity contribution in [3.8, 4) is 11.3 Å². The molecule has 0 N–H and O–H groups in total. The number of carbonyl (C=O) groups is 1. The van der Waals surface area contributed by atoms with Gasteiger partial charge in [0, 0.05) is 27.5 Å². The summed E-state index contributed by atoms with van der Waals surface area (Å²) in [7, 11) is 0. The molecule has 1 aliphatic heterocycles. The number of ether oxygens (including phenoxy) is 1. The van der Waals surface area contributed by atoms with Gasteiger partial charge in [0.15, 0.2) is 5.13 Å². The van der Waals surface area contributed by atoms with E-state index in [1.54, 1.807) is 28.4 Å². The minimum Gasteiger partial charge on any atom is -0.376 e. The van der Waals surface area contributed by atoms with Gasteiger partial charge in [0.25, 0.3) is 0 Å². The van der Waals surface area contributed by atoms with Gasteiger partial charge in [0.2, 0.25) is 5.91 Å². The first-order valence-corrected chi connectivity index (χ1v) is 11.5. The summed E-state index contributed by atoms with van der Waals surface area (Å²) >= 11 is 15.4. The van der Waals surface area contributed by atoms with E-state index >= 15 is 0 Å². The van der Waals surface area contributed by atoms with Gasteiger partial charge < -0.3 is 4.74 Å². The molecule has 8 heteroatoms. The Morgan fingerprint density at radius 2 is 2.18 bits per heavy atom. The average Bonchev–Trinajstić information content (AvgIpc) is 3.42. The summed E-state index contributed by atoms with van der Waals surface area (Å²) in [5.74, 6) is 0.0288. The zero-order chi connectivity index (χ0) is 19.5. The standard InChI is InChI=1S/C20H18Cl2N2O2S2/c21-13-5-6-16(17(22)9-13)18-12-28-20(23-18)24(11-14-3-1-7-26-14)19(25)10-15-4-2-8-27-15/h2,4-6,8-9,12,14H,1,3,7,10-11H2/t14-/m0/s1. The van der Waals surface area contributed by atoms with Crippen molar-refractivity contribution in [3.63, 3.8) is 0 Å². The zero-order valence-electron chi connectivity index (χ0n) is 14.9. The van der Waals surface area contributed by atoms with Crippen molar-refractivity contribution in [2.24, 2.45) is 0 Å². The number of anilines is 1. The van der Waals surface area contributed by atoms with E-state index in [4.69, 9.17) is 32.9 Å². The van der Waals surface area contributed by atoms with Crippen molar-refractivity contribution in [2.45, 2.75) is 25.4 Å². The highest BCUT2D eigenvalue weighted by atomic mass is 35.5. The number of aromatic nitrogens is 1. The Labute approximate surface area is 181 Å². The fraction of sp³-hybridized carbons (Fsp3) is 0.300. The third-order valence-electron chi connectivity index (χ3n) is 4.55. The highest BCUT2D eigenvalue weighted by Gasteiger charge is 2.26. The lowest BCUT2D eigenvalue weighted by Crippen LogP contribution is -2.38. The van der Waals surface area contributed by atoms with Gasteiger partial charge in [-0.15, -0.1) is 22.7 Å². The molecule has 28 heavy (non-hydrogen) atoms. The molecule has 0 aliphatic carbocycles. The molecule has 4 rings (SSSR count). The van der Waals surface area contributed by atoms with Gasteiger partial charge in [-0.2, -0.15) is 0 Å². The lowest BCUT2D eigenvalue weighted by molar-refractivity contribution is -0.118. The van der Waals surface area contributed by atoms with Crippen LogP contribution in [0, 0.1) is 0 Å². The van der Waals surface area contributed by atoms with Gasteiger partial charge in [0.05, 0.1) is 29.8 Å². The van der Waals surface area contributed by atoms with Crippen molar-refractivity contribution in [3.05, 3.63) is 56.0 Å². The Kier molecular flexibility index (Phi) is 6.33. The third-order valence-corrected chi connectivity index (χ3v) is 6.83. The molecule has 0 spiro atoms. The number of benzene rings is 1. The van der Waals surface area contributed by atoms with E-state index in [9.17, 15) is 4.79 Å². The van der Waals surface area contributed by atoms with Gasteiger partial charge >= 0.3 is 0 Å². The minimum absolute atomic E-state index is 0.0288. The van der Waals surface area contributed by atoms with Gasteiger partial charge in [-0.05, 0) is 42.5 Å². The molecule has 2 aromatic heterocycles. The van der Waals surface area contributed by atoms with E-state index in [1.807, 2.05) is 29.0 Å². The van der Waals surface area contributed by atoms with Crippen LogP contribution in [0.1, 0.15) is 17.7 Å². The highest BCUT2D eigenvalue weighted by molar-refractivity contribution is 7.14. The maximum absolute atomic E-state index is 13.1. The smallest absolute Gasteiger partial charge is 0.234 e. The van der Waals surface area contributed by atoms with Crippen LogP contribution >= 0.6 is 45.9 Å². The van der Waals surface area contributed by atoms with Crippen molar-refractivity contribution in [1.29, 1.82) is 0 Å². The summed E-state index contributed by atoms with van der Waals surface area (Å²) in [6.45, 7) is 1.27. The van der Waals surface area contributed by atoms with Crippen LogP contribution in [0.3, 0.4) is 0 Å². The van der Waals surface area contributed by atoms with Crippen LogP contribution in [0.4, 0.5) is 5.13 Å². The fourth-order valence-corrected chi connectivity index (χ4v) is 5.20. The molecule has 146 valence electrons. The lowest BCUT2D eigenvalue weighted by atomic mass is 10.2. The van der Waals surface area contributed by atoms with Crippen molar-refractivity contribution < 1.29 is 9.53 Å². The number of amides is 1. The predicted octanol–water partition coefficient (Wildman–Crippen LogP) is 5.93. The molecular weight excluding hydrogens is 435 g/mol. The number of thiophene rings is 1. The van der Waals surface area contributed by atoms with Crippen molar-refractivity contribution in [2.75, 3.05) is 18.1 Å². The number of carbonyl (C=O) groups excluding carboxylic acids is 1. The molecular formula is C20H18Cl2N2O2S2. The average molecular weight is 453 g/mol. The molecule has 1 saturated heterocycles. The minimum atomic E-state index is 0.0288. The number of rotatable bonds is 6. The first-order chi connectivity index (χ1) is 13.6. The Balaban J connectivity index is 1.60. The van der Waals surface area contributed by atoms with Crippen LogP contribution in [-0.2, 0) is 16.0 Å². The molecule has 1 aliphatic rings.